The summed E-state index contributed by atoms with van der Waals surface area (Å²) in [5.41, 5.74) is 3.40. The number of aromatic carboxylic acids is 1. The second-order valence-electron chi connectivity index (χ2n) is 5.97. The van der Waals surface area contributed by atoms with E-state index in [4.69, 9.17) is 0 Å². The highest BCUT2D eigenvalue weighted by atomic mass is 16.4. The molecule has 1 heterocycles. The van der Waals surface area contributed by atoms with Gasteiger partial charge in [0.05, 0.1) is 5.56 Å². The van der Waals surface area contributed by atoms with Crippen molar-refractivity contribution in [2.75, 3.05) is 5.32 Å². The first-order valence-electron chi connectivity index (χ1n) is 7.40. The van der Waals surface area contributed by atoms with E-state index in [1.165, 1.54) is 6.07 Å². The highest BCUT2D eigenvalue weighted by Crippen LogP contribution is 2.22. The highest BCUT2D eigenvalue weighted by molar-refractivity contribution is 6.04. The Labute approximate surface area is 135 Å². The van der Waals surface area contributed by atoms with E-state index in [2.05, 4.69) is 10.4 Å². The topological polar surface area (TPSA) is 84.2 Å². The van der Waals surface area contributed by atoms with Crippen LogP contribution in [0.4, 0.5) is 5.69 Å². The third-order valence-corrected chi connectivity index (χ3v) is 3.79. The number of carbonyl (C=O) groups excluding carboxylic acids is 1. The van der Waals surface area contributed by atoms with Gasteiger partial charge < -0.3 is 10.4 Å². The van der Waals surface area contributed by atoms with Gasteiger partial charge in [-0.1, -0.05) is 19.9 Å². The number of benzene rings is 1. The first-order valence-corrected chi connectivity index (χ1v) is 7.40. The fourth-order valence-corrected chi connectivity index (χ4v) is 2.54. The second kappa shape index (κ2) is 6.24. The van der Waals surface area contributed by atoms with Gasteiger partial charge in [0.25, 0.3) is 5.91 Å². The zero-order valence-electron chi connectivity index (χ0n) is 14.0. The van der Waals surface area contributed by atoms with Crippen molar-refractivity contribution in [3.63, 3.8) is 0 Å². The SMILES string of the molecule is Cc1cc(C)c(C(=O)O)cc1NC(=O)c1cc(C(C)C)n(C)n1. The Hall–Kier alpha value is -2.63. The molecule has 6 nitrogen and oxygen atoms in total. The zero-order chi connectivity index (χ0) is 17.3. The van der Waals surface area contributed by atoms with Crippen molar-refractivity contribution in [3.05, 3.63) is 46.3 Å². The molecule has 0 aliphatic heterocycles. The number of rotatable bonds is 4. The Morgan fingerprint density at radius 2 is 1.83 bits per heavy atom. The van der Waals surface area contributed by atoms with Gasteiger partial charge in [0.2, 0.25) is 0 Å². The number of amides is 1. The molecule has 1 amide bonds. The third-order valence-electron chi connectivity index (χ3n) is 3.79. The second-order valence-corrected chi connectivity index (χ2v) is 5.97. The van der Waals surface area contributed by atoms with Crippen molar-refractivity contribution in [1.29, 1.82) is 0 Å². The van der Waals surface area contributed by atoms with E-state index in [0.29, 0.717) is 16.9 Å². The fourth-order valence-electron chi connectivity index (χ4n) is 2.54. The minimum atomic E-state index is -1.02. The molecule has 23 heavy (non-hydrogen) atoms. The normalized spacial score (nSPS) is 10.9. The number of hydrogen-bond acceptors (Lipinski definition) is 3. The first-order chi connectivity index (χ1) is 10.7. The number of carboxylic acid groups (broad SMARTS) is 1. The lowest BCUT2D eigenvalue weighted by atomic mass is 10.0. The maximum Gasteiger partial charge on any atom is 0.336 e. The average Bonchev–Trinajstić information content (AvgIpc) is 2.83. The minimum Gasteiger partial charge on any atom is -0.478 e. The van der Waals surface area contributed by atoms with E-state index in [0.717, 1.165) is 11.3 Å². The molecular formula is C17H21N3O3. The smallest absolute Gasteiger partial charge is 0.336 e. The van der Waals surface area contributed by atoms with E-state index in [1.807, 2.05) is 20.8 Å². The summed E-state index contributed by atoms with van der Waals surface area (Å²) in [6.07, 6.45) is 0. The van der Waals surface area contributed by atoms with Gasteiger partial charge in [-0.3, -0.25) is 9.48 Å². The van der Waals surface area contributed by atoms with Crippen molar-refractivity contribution < 1.29 is 14.7 Å². The lowest BCUT2D eigenvalue weighted by molar-refractivity contribution is 0.0695. The van der Waals surface area contributed by atoms with Crippen LogP contribution in [-0.2, 0) is 7.05 Å². The van der Waals surface area contributed by atoms with Crippen LogP contribution in [0, 0.1) is 13.8 Å². The summed E-state index contributed by atoms with van der Waals surface area (Å²) in [4.78, 5) is 23.6. The van der Waals surface area contributed by atoms with Crippen molar-refractivity contribution in [3.8, 4) is 0 Å². The zero-order valence-corrected chi connectivity index (χ0v) is 14.0. The largest absolute Gasteiger partial charge is 0.478 e. The van der Waals surface area contributed by atoms with E-state index in [1.54, 1.807) is 30.8 Å². The predicted molar refractivity (Wildman–Crippen MR) is 88.1 cm³/mol. The number of hydrogen-bond donors (Lipinski definition) is 2. The lowest BCUT2D eigenvalue weighted by Gasteiger charge is -2.10. The third kappa shape index (κ3) is 3.41. The molecule has 0 radical (unpaired) electrons. The lowest BCUT2D eigenvalue weighted by Crippen LogP contribution is -2.15. The van der Waals surface area contributed by atoms with E-state index in [9.17, 15) is 14.7 Å². The Balaban J connectivity index is 2.32. The molecule has 0 aliphatic rings. The molecule has 0 saturated carbocycles. The number of carbonyl (C=O) groups is 2. The van der Waals surface area contributed by atoms with Crippen molar-refractivity contribution in [2.24, 2.45) is 7.05 Å². The molecule has 2 N–H and O–H groups in total. The van der Waals surface area contributed by atoms with Gasteiger partial charge in [0.1, 0.15) is 0 Å². The van der Waals surface area contributed by atoms with Gasteiger partial charge in [-0.05, 0) is 43.0 Å². The summed E-state index contributed by atoms with van der Waals surface area (Å²) in [5, 5.41) is 16.2. The molecule has 0 atom stereocenters. The van der Waals surface area contributed by atoms with Crippen molar-refractivity contribution in [2.45, 2.75) is 33.6 Å². The molecule has 1 aromatic carbocycles. The molecule has 0 spiro atoms. The summed E-state index contributed by atoms with van der Waals surface area (Å²) >= 11 is 0. The molecule has 1 aromatic heterocycles. The number of carboxylic acids is 1. The van der Waals surface area contributed by atoms with E-state index >= 15 is 0 Å². The van der Waals surface area contributed by atoms with E-state index < -0.39 is 5.97 Å². The maximum atomic E-state index is 12.4. The van der Waals surface area contributed by atoms with Crippen LogP contribution >= 0.6 is 0 Å². The van der Waals surface area contributed by atoms with Crippen molar-refractivity contribution in [1.82, 2.24) is 9.78 Å². The van der Waals surface area contributed by atoms with Crippen LogP contribution in [0.2, 0.25) is 0 Å². The number of nitrogens with one attached hydrogen (secondary N) is 1. The van der Waals surface area contributed by atoms with Crippen LogP contribution in [-0.4, -0.2) is 26.8 Å². The molecule has 0 aliphatic carbocycles. The Morgan fingerprint density at radius 1 is 1.17 bits per heavy atom. The number of aromatic nitrogens is 2. The van der Waals surface area contributed by atoms with Crippen LogP contribution in [0.25, 0.3) is 0 Å². The van der Waals surface area contributed by atoms with Gasteiger partial charge in [-0.25, -0.2) is 4.79 Å². The van der Waals surface area contributed by atoms with E-state index in [-0.39, 0.29) is 17.4 Å². The molecule has 6 heteroatoms. The van der Waals surface area contributed by atoms with Crippen LogP contribution < -0.4 is 5.32 Å². The molecule has 0 fully saturated rings. The van der Waals surface area contributed by atoms with Gasteiger partial charge in [-0.15, -0.1) is 0 Å². The fraction of sp³-hybridized carbons (Fsp3) is 0.353. The van der Waals surface area contributed by atoms with Gasteiger partial charge >= 0.3 is 5.97 Å². The van der Waals surface area contributed by atoms with Crippen LogP contribution in [0.5, 0.6) is 0 Å². The first kappa shape index (κ1) is 16.7. The Morgan fingerprint density at radius 3 is 2.35 bits per heavy atom. The maximum absolute atomic E-state index is 12.4. The molecular weight excluding hydrogens is 294 g/mol. The average molecular weight is 315 g/mol. The summed E-state index contributed by atoms with van der Waals surface area (Å²) in [7, 11) is 1.80. The number of aryl methyl sites for hydroxylation is 3. The molecule has 0 bridgehead atoms. The molecule has 2 aromatic rings. The standard InChI is InChI=1S/C17H21N3O3/c1-9(2)15-8-14(19-20(15)5)16(21)18-13-7-12(17(22)23)10(3)6-11(13)4/h6-9H,1-5H3,(H,18,21)(H,22,23). The Bertz CT molecular complexity index is 776. The number of nitrogens with zero attached hydrogens (tertiary/aromatic N) is 2. The summed E-state index contributed by atoms with van der Waals surface area (Å²) in [6, 6.07) is 4.98. The van der Waals surface area contributed by atoms with Gasteiger partial charge in [0, 0.05) is 18.4 Å². The quantitative estimate of drug-likeness (QED) is 0.908. The number of anilines is 1. The summed E-state index contributed by atoms with van der Waals surface area (Å²) in [6.45, 7) is 7.62. The molecule has 2 rings (SSSR count). The van der Waals surface area contributed by atoms with Crippen molar-refractivity contribution >= 4 is 17.6 Å². The summed E-state index contributed by atoms with van der Waals surface area (Å²) < 4.78 is 1.68. The highest BCUT2D eigenvalue weighted by Gasteiger charge is 2.17. The van der Waals surface area contributed by atoms with Crippen LogP contribution in [0.15, 0.2) is 18.2 Å². The predicted octanol–water partition coefficient (Wildman–Crippen LogP) is 3.11. The van der Waals surface area contributed by atoms with Crippen LogP contribution in [0.3, 0.4) is 0 Å². The molecule has 0 saturated heterocycles. The molecule has 0 unspecified atom stereocenters. The van der Waals surface area contributed by atoms with Gasteiger partial charge in [0.15, 0.2) is 5.69 Å². The minimum absolute atomic E-state index is 0.176. The summed E-state index contributed by atoms with van der Waals surface area (Å²) in [5.74, 6) is -1.11. The molecule has 122 valence electrons. The monoisotopic (exact) mass is 315 g/mol. The van der Waals surface area contributed by atoms with Crippen LogP contribution in [0.1, 0.15) is 57.4 Å². The Kier molecular flexibility index (Phi) is 4.54. The van der Waals surface area contributed by atoms with Gasteiger partial charge in [-0.2, -0.15) is 5.10 Å².